The first-order valence-corrected chi connectivity index (χ1v) is 11.3. The van der Waals surface area contributed by atoms with Gasteiger partial charge in [0.25, 0.3) is 0 Å². The van der Waals surface area contributed by atoms with Gasteiger partial charge in [0.05, 0.1) is 18.6 Å². The summed E-state index contributed by atoms with van der Waals surface area (Å²) < 4.78 is 0. The Hall–Kier alpha value is -3.02. The van der Waals surface area contributed by atoms with Gasteiger partial charge in [0.15, 0.2) is 10.6 Å². The van der Waals surface area contributed by atoms with E-state index in [0.29, 0.717) is 19.6 Å². The van der Waals surface area contributed by atoms with Gasteiger partial charge in [-0.3, -0.25) is 5.32 Å². The summed E-state index contributed by atoms with van der Waals surface area (Å²) in [5.41, 5.74) is 11.3. The van der Waals surface area contributed by atoms with Crippen LogP contribution in [0.4, 0.5) is 22.2 Å². The number of carbonyl (C=O) groups excluding carboxylic acids is 1. The highest BCUT2D eigenvalue weighted by Crippen LogP contribution is 2.28. The zero-order chi connectivity index (χ0) is 22.8. The highest BCUT2D eigenvalue weighted by atomic mass is 32.1. The number of nitrogens with two attached hydrogens (primary N) is 1. The molecule has 0 radical (unpaired) electrons. The van der Waals surface area contributed by atoms with Crippen LogP contribution in [0.25, 0.3) is 10.3 Å². The standard InChI is InChI=1S/C21H28N8O2S/c1-13-9-15(11-27(3)4)5-6-16(13)24-21(30)31-28-7-8-29(14(2)10-28)18-17-19(32-12-23-17)26-20(22)25-18/h5-6,9,12,14H,7-8,10-11H2,1-4H3,(H,24,30)(H2,22,25,26)/t14-/m0/s1. The van der Waals surface area contributed by atoms with E-state index in [1.165, 1.54) is 16.9 Å². The lowest BCUT2D eigenvalue weighted by Crippen LogP contribution is -2.53. The quantitative estimate of drug-likeness (QED) is 0.598. The molecule has 1 fully saturated rings. The fourth-order valence-corrected chi connectivity index (χ4v) is 4.52. The molecule has 0 spiro atoms. The average Bonchev–Trinajstić information content (AvgIpc) is 3.17. The number of nitrogen functional groups attached to an aromatic ring is 1. The van der Waals surface area contributed by atoms with Crippen LogP contribution in [0.15, 0.2) is 23.7 Å². The van der Waals surface area contributed by atoms with Gasteiger partial charge < -0.3 is 20.4 Å². The maximum Gasteiger partial charge on any atom is 0.430 e. The number of aryl methyl sites for hydroxylation is 1. The summed E-state index contributed by atoms with van der Waals surface area (Å²) in [5.74, 6) is 0.952. The Labute approximate surface area is 191 Å². The van der Waals surface area contributed by atoms with E-state index in [2.05, 4.69) is 43.1 Å². The van der Waals surface area contributed by atoms with Crippen LogP contribution in [0, 0.1) is 6.92 Å². The molecule has 3 N–H and O–H groups in total. The van der Waals surface area contributed by atoms with Gasteiger partial charge in [0.2, 0.25) is 5.95 Å². The number of hydrogen-bond donors (Lipinski definition) is 2. The molecule has 0 unspecified atom stereocenters. The zero-order valence-corrected chi connectivity index (χ0v) is 19.5. The normalized spacial score (nSPS) is 17.2. The van der Waals surface area contributed by atoms with E-state index in [4.69, 9.17) is 10.6 Å². The van der Waals surface area contributed by atoms with Crippen LogP contribution in [-0.2, 0) is 11.4 Å². The Balaban J connectivity index is 1.37. The number of piperazine rings is 1. The highest BCUT2D eigenvalue weighted by Gasteiger charge is 2.29. The molecule has 2 aromatic heterocycles. The number of amides is 1. The summed E-state index contributed by atoms with van der Waals surface area (Å²) in [7, 11) is 4.05. The fraction of sp³-hybridized carbons (Fsp3) is 0.429. The second-order valence-corrected chi connectivity index (χ2v) is 9.07. The molecule has 11 heteroatoms. The SMILES string of the molecule is Cc1cc(CN(C)C)ccc1NC(=O)ON1CCN(c2nc(N)nc3scnc23)[C@@H](C)C1. The fourth-order valence-electron chi connectivity index (χ4n) is 3.86. The van der Waals surface area contributed by atoms with Gasteiger partial charge in [0.1, 0.15) is 5.52 Å². The largest absolute Gasteiger partial charge is 0.430 e. The first kappa shape index (κ1) is 22.2. The number of anilines is 3. The van der Waals surface area contributed by atoms with Gasteiger partial charge in [-0.15, -0.1) is 16.4 Å². The maximum atomic E-state index is 12.5. The minimum absolute atomic E-state index is 0.0443. The zero-order valence-electron chi connectivity index (χ0n) is 18.7. The molecule has 3 aromatic rings. The van der Waals surface area contributed by atoms with Crippen molar-refractivity contribution in [1.82, 2.24) is 24.9 Å². The van der Waals surface area contributed by atoms with E-state index >= 15 is 0 Å². The van der Waals surface area contributed by atoms with Crippen molar-refractivity contribution in [1.29, 1.82) is 0 Å². The van der Waals surface area contributed by atoms with E-state index in [1.54, 1.807) is 10.6 Å². The monoisotopic (exact) mass is 456 g/mol. The minimum atomic E-state index is -0.498. The molecular weight excluding hydrogens is 428 g/mol. The Morgan fingerprint density at radius 2 is 2.16 bits per heavy atom. The van der Waals surface area contributed by atoms with Crippen LogP contribution in [-0.4, -0.2) is 70.8 Å². The second-order valence-electron chi connectivity index (χ2n) is 8.23. The lowest BCUT2D eigenvalue weighted by Gasteiger charge is -2.39. The number of hydroxylamine groups is 2. The molecule has 10 nitrogen and oxygen atoms in total. The third-order valence-electron chi connectivity index (χ3n) is 5.30. The van der Waals surface area contributed by atoms with E-state index in [9.17, 15) is 4.79 Å². The summed E-state index contributed by atoms with van der Waals surface area (Å²) in [4.78, 5) is 36.1. The molecule has 170 valence electrons. The molecule has 1 aromatic carbocycles. The van der Waals surface area contributed by atoms with Gasteiger partial charge in [-0.2, -0.15) is 4.98 Å². The molecular formula is C21H28N8O2S. The number of hydrogen-bond acceptors (Lipinski definition) is 10. The molecule has 1 saturated heterocycles. The van der Waals surface area contributed by atoms with Crippen molar-refractivity contribution >= 4 is 45.2 Å². The van der Waals surface area contributed by atoms with Crippen LogP contribution in [0.2, 0.25) is 0 Å². The number of nitrogens with one attached hydrogen (secondary N) is 1. The Bertz CT molecular complexity index is 1120. The third kappa shape index (κ3) is 4.90. The first-order valence-electron chi connectivity index (χ1n) is 10.4. The molecule has 1 aliphatic rings. The molecule has 32 heavy (non-hydrogen) atoms. The summed E-state index contributed by atoms with van der Waals surface area (Å²) >= 11 is 1.44. The topological polar surface area (TPSA) is 113 Å². The Morgan fingerprint density at radius 1 is 1.34 bits per heavy atom. The molecule has 3 heterocycles. The van der Waals surface area contributed by atoms with Crippen molar-refractivity contribution in [2.45, 2.75) is 26.4 Å². The van der Waals surface area contributed by atoms with Crippen LogP contribution in [0.3, 0.4) is 0 Å². The Kier molecular flexibility index (Phi) is 6.40. The van der Waals surface area contributed by atoms with E-state index in [0.717, 1.165) is 34.0 Å². The first-order chi connectivity index (χ1) is 15.3. The molecule has 1 aliphatic heterocycles. The van der Waals surface area contributed by atoms with E-state index in [-0.39, 0.29) is 12.0 Å². The van der Waals surface area contributed by atoms with Crippen molar-refractivity contribution in [2.24, 2.45) is 0 Å². The molecule has 1 amide bonds. The summed E-state index contributed by atoms with van der Waals surface area (Å²) in [6, 6.07) is 6.04. The average molecular weight is 457 g/mol. The summed E-state index contributed by atoms with van der Waals surface area (Å²) in [6.07, 6.45) is -0.498. The van der Waals surface area contributed by atoms with Crippen LogP contribution < -0.4 is 16.0 Å². The van der Waals surface area contributed by atoms with Crippen molar-refractivity contribution in [2.75, 3.05) is 49.7 Å². The summed E-state index contributed by atoms with van der Waals surface area (Å²) in [5, 5.41) is 4.52. The summed E-state index contributed by atoms with van der Waals surface area (Å²) in [6.45, 7) is 6.56. The van der Waals surface area contributed by atoms with Crippen molar-refractivity contribution in [3.05, 3.63) is 34.8 Å². The van der Waals surface area contributed by atoms with Gasteiger partial charge in [0, 0.05) is 24.8 Å². The third-order valence-corrected chi connectivity index (χ3v) is 6.02. The number of rotatable bonds is 5. The lowest BCUT2D eigenvalue weighted by atomic mass is 10.1. The van der Waals surface area contributed by atoms with E-state index < -0.39 is 6.09 Å². The predicted octanol–water partition coefficient (Wildman–Crippen LogP) is 2.71. The van der Waals surface area contributed by atoms with Crippen molar-refractivity contribution in [3.8, 4) is 0 Å². The number of benzene rings is 1. The number of fused-ring (bicyclic) bond motifs is 1. The van der Waals surface area contributed by atoms with Crippen LogP contribution in [0.5, 0.6) is 0 Å². The molecule has 1 atom stereocenters. The van der Waals surface area contributed by atoms with E-state index in [1.807, 2.05) is 33.2 Å². The van der Waals surface area contributed by atoms with Crippen molar-refractivity contribution in [3.63, 3.8) is 0 Å². The van der Waals surface area contributed by atoms with Gasteiger partial charge >= 0.3 is 6.09 Å². The number of aromatic nitrogens is 3. The molecule has 0 aliphatic carbocycles. The Morgan fingerprint density at radius 3 is 2.88 bits per heavy atom. The highest BCUT2D eigenvalue weighted by molar-refractivity contribution is 7.16. The van der Waals surface area contributed by atoms with Crippen LogP contribution >= 0.6 is 11.3 Å². The van der Waals surface area contributed by atoms with Crippen molar-refractivity contribution < 1.29 is 9.63 Å². The predicted molar refractivity (Wildman–Crippen MR) is 127 cm³/mol. The number of thiazole rings is 1. The lowest BCUT2D eigenvalue weighted by molar-refractivity contribution is -0.103. The maximum absolute atomic E-state index is 12.5. The molecule has 0 saturated carbocycles. The minimum Gasteiger partial charge on any atom is -0.368 e. The van der Waals surface area contributed by atoms with Gasteiger partial charge in [-0.1, -0.05) is 12.1 Å². The second kappa shape index (κ2) is 9.23. The molecule has 4 rings (SSSR count). The number of nitrogens with zero attached hydrogens (tertiary/aromatic N) is 6. The van der Waals surface area contributed by atoms with Crippen LogP contribution in [0.1, 0.15) is 18.1 Å². The molecule has 0 bridgehead atoms. The number of carbonyl (C=O) groups is 1. The van der Waals surface area contributed by atoms with Gasteiger partial charge in [-0.25, -0.2) is 14.8 Å². The van der Waals surface area contributed by atoms with Gasteiger partial charge in [-0.05, 0) is 45.1 Å². The smallest absolute Gasteiger partial charge is 0.368 e.